The molecule has 156 valence electrons. The lowest BCUT2D eigenvalue weighted by Crippen LogP contribution is -2.27. The number of thioether (sulfide) groups is 1. The summed E-state index contributed by atoms with van der Waals surface area (Å²) in [5.41, 5.74) is 0.814. The number of amides is 2. The Morgan fingerprint density at radius 1 is 1.13 bits per heavy atom. The minimum atomic E-state index is -0.590. The summed E-state index contributed by atoms with van der Waals surface area (Å²) >= 11 is 6.60. The standard InChI is InChI=1S/C21H12ClFN2O5S/c22-16-7-3-13(9-17(16)25(28)29)18-8-6-15(30-18)10-19-20(26)24(21(27)31-19)11-12-1-4-14(23)5-2-12/h1-10H,11H2/b19-10-. The Morgan fingerprint density at radius 3 is 2.58 bits per heavy atom. The van der Waals surface area contributed by atoms with Gasteiger partial charge in [0.05, 0.1) is 16.4 Å². The fourth-order valence-corrected chi connectivity index (χ4v) is 3.93. The highest BCUT2D eigenvalue weighted by molar-refractivity contribution is 8.18. The molecule has 0 saturated carbocycles. The molecule has 7 nitrogen and oxygen atoms in total. The fourth-order valence-electron chi connectivity index (χ4n) is 2.93. The van der Waals surface area contributed by atoms with Crippen molar-refractivity contribution in [2.24, 2.45) is 0 Å². The summed E-state index contributed by atoms with van der Waals surface area (Å²) in [6.07, 6.45) is 1.43. The molecule has 0 radical (unpaired) electrons. The summed E-state index contributed by atoms with van der Waals surface area (Å²) in [6, 6.07) is 13.0. The molecule has 0 spiro atoms. The van der Waals surface area contributed by atoms with Gasteiger partial charge < -0.3 is 4.42 Å². The number of hydrogen-bond acceptors (Lipinski definition) is 6. The van der Waals surface area contributed by atoms with Gasteiger partial charge in [0.1, 0.15) is 22.4 Å². The van der Waals surface area contributed by atoms with Crippen molar-refractivity contribution in [2.45, 2.75) is 6.54 Å². The summed E-state index contributed by atoms with van der Waals surface area (Å²) in [5.74, 6) is -0.242. The Kier molecular flexibility index (Phi) is 5.62. The van der Waals surface area contributed by atoms with Gasteiger partial charge in [-0.25, -0.2) is 4.39 Å². The number of benzene rings is 2. The maximum absolute atomic E-state index is 13.1. The second-order valence-corrected chi connectivity index (χ2v) is 7.92. The molecule has 2 aromatic carbocycles. The van der Waals surface area contributed by atoms with E-state index in [1.54, 1.807) is 18.2 Å². The van der Waals surface area contributed by atoms with E-state index in [4.69, 9.17) is 16.0 Å². The van der Waals surface area contributed by atoms with E-state index < -0.39 is 21.9 Å². The molecule has 1 aliphatic rings. The van der Waals surface area contributed by atoms with E-state index in [0.29, 0.717) is 22.6 Å². The SMILES string of the molecule is O=C1S/C(=C\c2ccc(-c3ccc(Cl)c([N+](=O)[O-])c3)o2)C(=O)N1Cc1ccc(F)cc1. The van der Waals surface area contributed by atoms with Crippen LogP contribution in [-0.2, 0) is 11.3 Å². The highest BCUT2D eigenvalue weighted by atomic mass is 35.5. The Hall–Kier alpha value is -3.43. The van der Waals surface area contributed by atoms with Crippen molar-refractivity contribution in [3.05, 3.63) is 91.8 Å². The lowest BCUT2D eigenvalue weighted by molar-refractivity contribution is -0.384. The van der Waals surface area contributed by atoms with Gasteiger partial charge in [0, 0.05) is 17.7 Å². The molecule has 1 fully saturated rings. The Labute approximate surface area is 184 Å². The van der Waals surface area contributed by atoms with Gasteiger partial charge in [-0.1, -0.05) is 23.7 Å². The Bertz CT molecular complexity index is 1240. The zero-order valence-corrected chi connectivity index (χ0v) is 17.2. The van der Waals surface area contributed by atoms with Crippen molar-refractivity contribution in [1.29, 1.82) is 0 Å². The number of halogens is 2. The number of rotatable bonds is 5. The minimum absolute atomic E-state index is 0.00959. The van der Waals surface area contributed by atoms with E-state index in [0.717, 1.165) is 16.7 Å². The average molecular weight is 459 g/mol. The van der Waals surface area contributed by atoms with Crippen molar-refractivity contribution in [1.82, 2.24) is 4.90 Å². The third-order valence-electron chi connectivity index (χ3n) is 4.46. The number of carbonyl (C=O) groups excluding carboxylic acids is 2. The highest BCUT2D eigenvalue weighted by Gasteiger charge is 2.35. The topological polar surface area (TPSA) is 93.7 Å². The number of nitro groups is 1. The largest absolute Gasteiger partial charge is 0.457 e. The van der Waals surface area contributed by atoms with Crippen molar-refractivity contribution in [3.8, 4) is 11.3 Å². The smallest absolute Gasteiger partial charge is 0.293 e. The zero-order valence-electron chi connectivity index (χ0n) is 15.6. The van der Waals surface area contributed by atoms with Crippen LogP contribution in [0.3, 0.4) is 0 Å². The molecule has 0 N–H and O–H groups in total. The molecular weight excluding hydrogens is 447 g/mol. The van der Waals surface area contributed by atoms with Gasteiger partial charge in [0.2, 0.25) is 0 Å². The summed E-state index contributed by atoms with van der Waals surface area (Å²) in [5, 5.41) is 10.6. The third kappa shape index (κ3) is 4.37. The fraction of sp³-hybridized carbons (Fsp3) is 0.0476. The highest BCUT2D eigenvalue weighted by Crippen LogP contribution is 2.35. The molecule has 0 aliphatic carbocycles. The summed E-state index contributed by atoms with van der Waals surface area (Å²) in [4.78, 5) is 36.6. The third-order valence-corrected chi connectivity index (χ3v) is 5.68. The van der Waals surface area contributed by atoms with Crippen LogP contribution in [-0.4, -0.2) is 21.0 Å². The summed E-state index contributed by atoms with van der Waals surface area (Å²) < 4.78 is 18.7. The molecule has 2 heterocycles. The molecule has 0 unspecified atom stereocenters. The average Bonchev–Trinajstić information content (AvgIpc) is 3.30. The van der Waals surface area contributed by atoms with Crippen molar-refractivity contribution < 1.29 is 23.3 Å². The predicted octanol–water partition coefficient (Wildman–Crippen LogP) is 5.88. The molecule has 4 rings (SSSR count). The molecule has 0 bridgehead atoms. The van der Waals surface area contributed by atoms with Crippen LogP contribution in [0.4, 0.5) is 14.9 Å². The number of furan rings is 1. The van der Waals surface area contributed by atoms with E-state index in [-0.39, 0.29) is 22.2 Å². The number of imide groups is 1. The van der Waals surface area contributed by atoms with Gasteiger partial charge in [0.25, 0.3) is 16.8 Å². The second kappa shape index (κ2) is 8.37. The number of nitrogens with zero attached hydrogens (tertiary/aromatic N) is 2. The van der Waals surface area contributed by atoms with Crippen LogP contribution >= 0.6 is 23.4 Å². The molecule has 10 heteroatoms. The van der Waals surface area contributed by atoms with E-state index in [2.05, 4.69) is 0 Å². The van der Waals surface area contributed by atoms with Crippen molar-refractivity contribution in [3.63, 3.8) is 0 Å². The van der Waals surface area contributed by atoms with Crippen LogP contribution in [0.5, 0.6) is 0 Å². The maximum atomic E-state index is 13.1. The van der Waals surface area contributed by atoms with E-state index in [1.165, 1.54) is 42.5 Å². The van der Waals surface area contributed by atoms with Crippen molar-refractivity contribution in [2.75, 3.05) is 0 Å². The molecule has 0 atom stereocenters. The lowest BCUT2D eigenvalue weighted by Gasteiger charge is -2.12. The van der Waals surface area contributed by atoms with Crippen LogP contribution in [0.2, 0.25) is 5.02 Å². The molecule has 1 aromatic heterocycles. The van der Waals surface area contributed by atoms with Crippen molar-refractivity contribution >= 4 is 46.3 Å². The lowest BCUT2D eigenvalue weighted by atomic mass is 10.1. The van der Waals surface area contributed by atoms with Gasteiger partial charge in [-0.15, -0.1) is 0 Å². The normalized spacial score (nSPS) is 15.2. The first-order chi connectivity index (χ1) is 14.8. The Morgan fingerprint density at radius 2 is 1.87 bits per heavy atom. The summed E-state index contributed by atoms with van der Waals surface area (Å²) in [6.45, 7) is 0.0279. The predicted molar refractivity (Wildman–Crippen MR) is 114 cm³/mol. The first-order valence-electron chi connectivity index (χ1n) is 8.86. The van der Waals surface area contributed by atoms with Crippen LogP contribution in [0, 0.1) is 15.9 Å². The number of hydrogen-bond donors (Lipinski definition) is 0. The van der Waals surface area contributed by atoms with Gasteiger partial charge in [0.15, 0.2) is 0 Å². The van der Waals surface area contributed by atoms with Crippen LogP contribution in [0.25, 0.3) is 17.4 Å². The van der Waals surface area contributed by atoms with Crippen LogP contribution in [0.1, 0.15) is 11.3 Å². The van der Waals surface area contributed by atoms with Gasteiger partial charge in [-0.2, -0.15) is 0 Å². The van der Waals surface area contributed by atoms with Gasteiger partial charge >= 0.3 is 0 Å². The van der Waals surface area contributed by atoms with Gasteiger partial charge in [-0.05, 0) is 53.7 Å². The first kappa shape index (κ1) is 20.8. The number of carbonyl (C=O) groups is 2. The second-order valence-electron chi connectivity index (χ2n) is 6.52. The molecule has 1 aliphatic heterocycles. The molecule has 2 amide bonds. The minimum Gasteiger partial charge on any atom is -0.457 e. The van der Waals surface area contributed by atoms with Gasteiger partial charge in [-0.3, -0.25) is 24.6 Å². The molecule has 1 saturated heterocycles. The van der Waals surface area contributed by atoms with Crippen LogP contribution in [0.15, 0.2) is 63.9 Å². The monoisotopic (exact) mass is 458 g/mol. The number of nitro benzene ring substituents is 1. The molecular formula is C21H12ClFN2O5S. The van der Waals surface area contributed by atoms with E-state index in [1.807, 2.05) is 0 Å². The maximum Gasteiger partial charge on any atom is 0.293 e. The van der Waals surface area contributed by atoms with E-state index in [9.17, 15) is 24.1 Å². The zero-order chi connectivity index (χ0) is 22.1. The summed E-state index contributed by atoms with van der Waals surface area (Å²) in [7, 11) is 0. The quantitative estimate of drug-likeness (QED) is 0.269. The molecule has 3 aromatic rings. The van der Waals surface area contributed by atoms with Crippen LogP contribution < -0.4 is 0 Å². The molecule has 31 heavy (non-hydrogen) atoms. The Balaban J connectivity index is 1.55. The van der Waals surface area contributed by atoms with E-state index >= 15 is 0 Å². The first-order valence-corrected chi connectivity index (χ1v) is 10.1.